The number of benzene rings is 2. The largest absolute Gasteiger partial charge is 0.486 e. The number of carbonyl (C=O) groups is 3. The van der Waals surface area contributed by atoms with Gasteiger partial charge in [0.1, 0.15) is 23.8 Å². The van der Waals surface area contributed by atoms with Crippen LogP contribution in [0.3, 0.4) is 0 Å². The van der Waals surface area contributed by atoms with E-state index in [4.69, 9.17) is 25.9 Å². The van der Waals surface area contributed by atoms with Gasteiger partial charge in [0, 0.05) is 22.2 Å². The summed E-state index contributed by atoms with van der Waals surface area (Å²) in [5.41, 5.74) is 0.831. The SMILES string of the molecule is O=Cc1c(C(=O)O)c2cc(Cl)ccc2n1-c1cccc(OCc2ccc(C(=O)O)o2)c1. The molecule has 0 spiro atoms. The van der Waals surface area contributed by atoms with Gasteiger partial charge < -0.3 is 23.9 Å². The zero-order valence-corrected chi connectivity index (χ0v) is 16.5. The fourth-order valence-corrected chi connectivity index (χ4v) is 3.51. The lowest BCUT2D eigenvalue weighted by molar-refractivity contribution is 0.0655. The van der Waals surface area contributed by atoms with E-state index in [1.807, 2.05) is 0 Å². The van der Waals surface area contributed by atoms with Gasteiger partial charge in [0.2, 0.25) is 5.76 Å². The van der Waals surface area contributed by atoms with Crippen LogP contribution in [0, 0.1) is 0 Å². The number of carboxylic acids is 2. The first-order valence-electron chi connectivity index (χ1n) is 8.96. The molecule has 0 bridgehead atoms. The molecule has 0 saturated carbocycles. The molecule has 2 heterocycles. The average molecular weight is 440 g/mol. The highest BCUT2D eigenvalue weighted by Crippen LogP contribution is 2.32. The van der Waals surface area contributed by atoms with Crippen molar-refractivity contribution in [2.24, 2.45) is 0 Å². The quantitative estimate of drug-likeness (QED) is 0.402. The van der Waals surface area contributed by atoms with E-state index in [0.29, 0.717) is 39.4 Å². The number of rotatable bonds is 7. The van der Waals surface area contributed by atoms with Gasteiger partial charge in [-0.2, -0.15) is 0 Å². The number of carboxylic acid groups (broad SMARTS) is 2. The number of nitrogens with zero attached hydrogens (tertiary/aromatic N) is 1. The van der Waals surface area contributed by atoms with Gasteiger partial charge in [0.15, 0.2) is 6.29 Å². The van der Waals surface area contributed by atoms with Gasteiger partial charge in [-0.05, 0) is 42.5 Å². The smallest absolute Gasteiger partial charge is 0.371 e. The van der Waals surface area contributed by atoms with Crippen molar-refractivity contribution in [2.75, 3.05) is 0 Å². The van der Waals surface area contributed by atoms with Crippen LogP contribution < -0.4 is 4.74 Å². The van der Waals surface area contributed by atoms with Crippen molar-refractivity contribution in [3.8, 4) is 11.4 Å². The highest BCUT2D eigenvalue weighted by atomic mass is 35.5. The third-order valence-corrected chi connectivity index (χ3v) is 4.86. The van der Waals surface area contributed by atoms with Crippen LogP contribution in [0.15, 0.2) is 59.0 Å². The normalized spacial score (nSPS) is 10.9. The van der Waals surface area contributed by atoms with Gasteiger partial charge in [-0.25, -0.2) is 9.59 Å². The maximum Gasteiger partial charge on any atom is 0.371 e. The molecule has 0 radical (unpaired) electrons. The predicted octanol–water partition coefficient (Wildman–Crippen LogP) is 4.66. The van der Waals surface area contributed by atoms with Crippen molar-refractivity contribution >= 4 is 40.7 Å². The summed E-state index contributed by atoms with van der Waals surface area (Å²) in [7, 11) is 0. The molecule has 4 rings (SSSR count). The van der Waals surface area contributed by atoms with Crippen LogP contribution in [0.5, 0.6) is 5.75 Å². The molecule has 8 nitrogen and oxygen atoms in total. The minimum atomic E-state index is -1.24. The number of halogens is 1. The number of hydrogen-bond acceptors (Lipinski definition) is 5. The molecular weight excluding hydrogens is 426 g/mol. The van der Waals surface area contributed by atoms with Crippen molar-refractivity contribution < 1.29 is 33.8 Å². The second kappa shape index (κ2) is 8.00. The Morgan fingerprint density at radius 1 is 1.06 bits per heavy atom. The first-order chi connectivity index (χ1) is 14.9. The number of aldehydes is 1. The molecule has 0 aliphatic heterocycles. The fraction of sp³-hybridized carbons (Fsp3) is 0.0455. The van der Waals surface area contributed by atoms with Gasteiger partial charge >= 0.3 is 11.9 Å². The highest BCUT2D eigenvalue weighted by molar-refractivity contribution is 6.31. The van der Waals surface area contributed by atoms with Crippen LogP contribution >= 0.6 is 11.6 Å². The summed E-state index contributed by atoms with van der Waals surface area (Å²) in [6, 6.07) is 14.3. The van der Waals surface area contributed by atoms with E-state index in [1.165, 1.54) is 22.8 Å². The molecule has 4 aromatic rings. The Bertz CT molecular complexity index is 1340. The van der Waals surface area contributed by atoms with Gasteiger partial charge in [0.05, 0.1) is 11.1 Å². The number of aromatic nitrogens is 1. The summed E-state index contributed by atoms with van der Waals surface area (Å²) in [4.78, 5) is 34.6. The van der Waals surface area contributed by atoms with Crippen molar-refractivity contribution in [2.45, 2.75) is 6.61 Å². The van der Waals surface area contributed by atoms with Crippen LogP contribution in [0.2, 0.25) is 5.02 Å². The number of hydrogen-bond donors (Lipinski definition) is 2. The van der Waals surface area contributed by atoms with Gasteiger partial charge in [-0.1, -0.05) is 17.7 Å². The molecule has 9 heteroatoms. The molecule has 0 amide bonds. The standard InChI is InChI=1S/C22H14ClNO7/c23-12-4-6-17-16(8-12)20(22(28)29)18(10-25)24(17)13-2-1-3-14(9-13)30-11-15-5-7-19(31-15)21(26)27/h1-10H,11H2,(H,26,27)(H,28,29). The molecular formula is C22H14ClNO7. The summed E-state index contributed by atoms with van der Waals surface area (Å²) in [6.07, 6.45) is 0.487. The van der Waals surface area contributed by atoms with Crippen molar-refractivity contribution in [1.29, 1.82) is 0 Å². The molecule has 31 heavy (non-hydrogen) atoms. The summed E-state index contributed by atoms with van der Waals surface area (Å²) >= 11 is 6.04. The second-order valence-electron chi connectivity index (χ2n) is 6.54. The average Bonchev–Trinajstić information content (AvgIpc) is 3.34. The molecule has 156 valence electrons. The molecule has 2 N–H and O–H groups in total. The van der Waals surface area contributed by atoms with Crippen LogP contribution in [0.1, 0.15) is 37.2 Å². The Kier molecular flexibility index (Phi) is 5.22. The van der Waals surface area contributed by atoms with E-state index < -0.39 is 11.9 Å². The van der Waals surface area contributed by atoms with Crippen molar-refractivity contribution in [3.63, 3.8) is 0 Å². The number of ether oxygens (including phenoxy) is 1. The summed E-state index contributed by atoms with van der Waals surface area (Å²) in [6.45, 7) is -0.0142. The van der Waals surface area contributed by atoms with Gasteiger partial charge in [-0.3, -0.25) is 4.79 Å². The number of fused-ring (bicyclic) bond motifs is 1. The van der Waals surface area contributed by atoms with Gasteiger partial charge in [-0.15, -0.1) is 0 Å². The molecule has 0 fully saturated rings. The molecule has 0 aliphatic carbocycles. The first kappa shape index (κ1) is 20.2. The number of aromatic carboxylic acids is 2. The minimum Gasteiger partial charge on any atom is -0.486 e. The van der Waals surface area contributed by atoms with Gasteiger partial charge in [0.25, 0.3) is 0 Å². The zero-order chi connectivity index (χ0) is 22.1. The number of carbonyl (C=O) groups excluding carboxylic acids is 1. The Morgan fingerprint density at radius 2 is 1.87 bits per heavy atom. The molecule has 0 atom stereocenters. The fourth-order valence-electron chi connectivity index (χ4n) is 3.33. The van der Waals surface area contributed by atoms with E-state index >= 15 is 0 Å². The molecule has 0 saturated heterocycles. The predicted molar refractivity (Wildman–Crippen MR) is 111 cm³/mol. The molecule has 2 aromatic carbocycles. The monoisotopic (exact) mass is 439 g/mol. The van der Waals surface area contributed by atoms with Crippen molar-refractivity contribution in [3.05, 3.63) is 82.4 Å². The Balaban J connectivity index is 1.74. The van der Waals surface area contributed by atoms with Crippen molar-refractivity contribution in [1.82, 2.24) is 4.57 Å². The Labute approximate surface area is 179 Å². The summed E-state index contributed by atoms with van der Waals surface area (Å²) in [5, 5.41) is 19.3. The minimum absolute atomic E-state index is 0.0142. The van der Waals surface area contributed by atoms with Crippen LogP contribution in [0.4, 0.5) is 0 Å². The molecule has 0 unspecified atom stereocenters. The van der Waals surface area contributed by atoms with E-state index in [9.17, 15) is 19.5 Å². The Morgan fingerprint density at radius 3 is 2.55 bits per heavy atom. The van der Waals surface area contributed by atoms with Crippen LogP contribution in [-0.4, -0.2) is 33.0 Å². The van der Waals surface area contributed by atoms with E-state index in [2.05, 4.69) is 0 Å². The molecule has 0 aliphatic rings. The lowest BCUT2D eigenvalue weighted by Crippen LogP contribution is -2.05. The lowest BCUT2D eigenvalue weighted by Gasteiger charge is -2.11. The maximum atomic E-state index is 11.8. The molecule has 2 aromatic heterocycles. The second-order valence-corrected chi connectivity index (χ2v) is 6.97. The Hall–Kier alpha value is -4.04. The highest BCUT2D eigenvalue weighted by Gasteiger charge is 2.23. The summed E-state index contributed by atoms with van der Waals surface area (Å²) in [5.74, 6) is -1.88. The first-order valence-corrected chi connectivity index (χ1v) is 9.34. The third-order valence-electron chi connectivity index (χ3n) is 4.62. The lowest BCUT2D eigenvalue weighted by atomic mass is 10.1. The third kappa shape index (κ3) is 3.76. The topological polar surface area (TPSA) is 119 Å². The maximum absolute atomic E-state index is 11.8. The van der Waals surface area contributed by atoms with E-state index in [1.54, 1.807) is 36.4 Å². The van der Waals surface area contributed by atoms with E-state index in [0.717, 1.165) is 0 Å². The van der Waals surface area contributed by atoms with Crippen LogP contribution in [-0.2, 0) is 6.61 Å². The zero-order valence-electron chi connectivity index (χ0n) is 15.7. The number of furan rings is 1. The van der Waals surface area contributed by atoms with Crippen LogP contribution in [0.25, 0.3) is 16.6 Å². The van der Waals surface area contributed by atoms with E-state index in [-0.39, 0.29) is 23.6 Å². The summed E-state index contributed by atoms with van der Waals surface area (Å²) < 4.78 is 12.4.